The van der Waals surface area contributed by atoms with Crippen molar-refractivity contribution in [3.05, 3.63) is 72.2 Å². The van der Waals surface area contributed by atoms with E-state index < -0.39 is 0 Å². The monoisotopic (exact) mass is 492 g/mol. The van der Waals surface area contributed by atoms with Crippen molar-refractivity contribution in [1.82, 2.24) is 24.5 Å². The van der Waals surface area contributed by atoms with Crippen LogP contribution in [0.15, 0.2) is 65.8 Å². The number of thioether (sulfide) groups is 1. The minimum atomic E-state index is -0.310. The Morgan fingerprint density at radius 1 is 1.17 bits per heavy atom. The lowest BCUT2D eigenvalue weighted by atomic mass is 10.2. The molecule has 8 nitrogen and oxygen atoms in total. The van der Waals surface area contributed by atoms with Gasteiger partial charge in [0.15, 0.2) is 11.0 Å². The molecule has 180 valence electrons. The largest absolute Gasteiger partial charge is 0.376 e. The van der Waals surface area contributed by atoms with Gasteiger partial charge < -0.3 is 10.1 Å². The van der Waals surface area contributed by atoms with Crippen LogP contribution in [-0.4, -0.2) is 48.9 Å². The Balaban J connectivity index is 1.32. The maximum atomic E-state index is 13.4. The zero-order valence-corrected chi connectivity index (χ0v) is 20.0. The molecule has 1 aliphatic heterocycles. The average Bonchev–Trinajstić information content (AvgIpc) is 3.60. The molecule has 2 aromatic carbocycles. The molecule has 35 heavy (non-hydrogen) atoms. The third kappa shape index (κ3) is 5.44. The molecule has 1 aliphatic rings. The van der Waals surface area contributed by atoms with Gasteiger partial charge in [-0.3, -0.25) is 9.36 Å². The lowest BCUT2D eigenvalue weighted by Crippen LogP contribution is -2.19. The van der Waals surface area contributed by atoms with Gasteiger partial charge in [0.1, 0.15) is 11.6 Å². The summed E-state index contributed by atoms with van der Waals surface area (Å²) in [7, 11) is 0. The van der Waals surface area contributed by atoms with Crippen LogP contribution in [-0.2, 0) is 16.1 Å². The maximum absolute atomic E-state index is 13.4. The van der Waals surface area contributed by atoms with Crippen LogP contribution in [0, 0.1) is 12.7 Å². The number of amides is 1. The van der Waals surface area contributed by atoms with Gasteiger partial charge in [0.25, 0.3) is 0 Å². The topological polar surface area (TPSA) is 86.9 Å². The average molecular weight is 493 g/mol. The summed E-state index contributed by atoms with van der Waals surface area (Å²) in [5, 5.41) is 16.7. The van der Waals surface area contributed by atoms with Crippen molar-refractivity contribution in [3.8, 4) is 17.1 Å². The summed E-state index contributed by atoms with van der Waals surface area (Å²) in [5.41, 5.74) is 2.43. The molecule has 1 saturated heterocycles. The number of anilines is 1. The van der Waals surface area contributed by atoms with Crippen LogP contribution < -0.4 is 5.32 Å². The van der Waals surface area contributed by atoms with Crippen molar-refractivity contribution >= 4 is 23.5 Å². The molecule has 1 N–H and O–H groups in total. The van der Waals surface area contributed by atoms with E-state index in [1.807, 2.05) is 47.9 Å². The highest BCUT2D eigenvalue weighted by Crippen LogP contribution is 2.27. The van der Waals surface area contributed by atoms with E-state index in [4.69, 9.17) is 4.74 Å². The molecule has 4 aromatic rings. The second kappa shape index (κ2) is 10.4. The molecular formula is C25H25FN6O2S. The molecule has 2 aromatic heterocycles. The van der Waals surface area contributed by atoms with Crippen molar-refractivity contribution in [2.24, 2.45) is 0 Å². The highest BCUT2D eigenvalue weighted by Gasteiger charge is 2.22. The number of halogens is 1. The highest BCUT2D eigenvalue weighted by molar-refractivity contribution is 7.99. The molecule has 0 unspecified atom stereocenters. The van der Waals surface area contributed by atoms with Gasteiger partial charge >= 0.3 is 0 Å². The first kappa shape index (κ1) is 23.3. The summed E-state index contributed by atoms with van der Waals surface area (Å²) in [6.45, 7) is 3.19. The van der Waals surface area contributed by atoms with E-state index >= 15 is 0 Å². The lowest BCUT2D eigenvalue weighted by molar-refractivity contribution is -0.113. The summed E-state index contributed by atoms with van der Waals surface area (Å²) in [4.78, 5) is 12.9. The van der Waals surface area contributed by atoms with Crippen molar-refractivity contribution in [3.63, 3.8) is 0 Å². The van der Waals surface area contributed by atoms with E-state index in [-0.39, 0.29) is 23.6 Å². The van der Waals surface area contributed by atoms with Crippen molar-refractivity contribution in [2.45, 2.75) is 37.6 Å². The van der Waals surface area contributed by atoms with Gasteiger partial charge in [-0.1, -0.05) is 30.0 Å². The number of hydrogen-bond acceptors (Lipinski definition) is 6. The molecule has 3 heterocycles. The third-order valence-corrected chi connectivity index (χ3v) is 6.63. The van der Waals surface area contributed by atoms with Gasteiger partial charge in [0.05, 0.1) is 29.8 Å². The Morgan fingerprint density at radius 3 is 2.71 bits per heavy atom. The smallest absolute Gasteiger partial charge is 0.236 e. The van der Waals surface area contributed by atoms with Crippen molar-refractivity contribution < 1.29 is 13.9 Å². The predicted molar refractivity (Wildman–Crippen MR) is 132 cm³/mol. The molecule has 1 atom stereocenters. The molecular weight excluding hydrogens is 467 g/mol. The van der Waals surface area contributed by atoms with Gasteiger partial charge in [-0.05, 0) is 56.2 Å². The summed E-state index contributed by atoms with van der Waals surface area (Å²) in [6, 6.07) is 17.6. The number of benzene rings is 2. The third-order valence-electron chi connectivity index (χ3n) is 5.66. The zero-order valence-electron chi connectivity index (χ0n) is 19.2. The van der Waals surface area contributed by atoms with Crippen LogP contribution in [0.2, 0.25) is 0 Å². The van der Waals surface area contributed by atoms with Crippen molar-refractivity contribution in [2.75, 3.05) is 17.7 Å². The van der Waals surface area contributed by atoms with E-state index in [0.717, 1.165) is 36.4 Å². The van der Waals surface area contributed by atoms with E-state index in [1.54, 1.807) is 16.8 Å². The van der Waals surface area contributed by atoms with Gasteiger partial charge in [-0.25, -0.2) is 9.07 Å². The Hall–Kier alpha value is -3.50. The molecule has 10 heteroatoms. The molecule has 1 fully saturated rings. The second-order valence-corrected chi connectivity index (χ2v) is 9.26. The predicted octanol–water partition coefficient (Wildman–Crippen LogP) is 4.49. The number of carbonyl (C=O) groups excluding carboxylic acids is 1. The number of nitrogens with one attached hydrogen (secondary N) is 1. The van der Waals surface area contributed by atoms with Crippen LogP contribution in [0.4, 0.5) is 10.2 Å². The van der Waals surface area contributed by atoms with E-state index in [0.29, 0.717) is 23.3 Å². The molecule has 0 spiro atoms. The minimum Gasteiger partial charge on any atom is -0.376 e. The Bertz CT molecular complexity index is 1300. The summed E-state index contributed by atoms with van der Waals surface area (Å²) in [6.07, 6.45) is 2.02. The number of nitrogens with zero attached hydrogens (tertiary/aromatic N) is 5. The molecule has 0 radical (unpaired) electrons. The Labute approximate surface area is 206 Å². The number of ether oxygens (including phenoxy) is 1. The first-order valence-electron chi connectivity index (χ1n) is 11.4. The number of carbonyl (C=O) groups is 1. The SMILES string of the molecule is Cc1cc(NC(=O)CSc2nnc(-c3ccc(F)cc3)n2C[C@@H]2CCCO2)n(-c2ccccc2)n1. The fourth-order valence-corrected chi connectivity index (χ4v) is 4.78. The quantitative estimate of drug-likeness (QED) is 0.365. The summed E-state index contributed by atoms with van der Waals surface area (Å²) in [5.74, 6) is 0.886. The van der Waals surface area contributed by atoms with Gasteiger partial charge in [-0.2, -0.15) is 5.10 Å². The normalized spacial score (nSPS) is 15.4. The number of rotatable bonds is 8. The molecule has 5 rings (SSSR count). The van der Waals surface area contributed by atoms with E-state index in [9.17, 15) is 9.18 Å². The first-order chi connectivity index (χ1) is 17.1. The summed E-state index contributed by atoms with van der Waals surface area (Å²) >= 11 is 1.30. The summed E-state index contributed by atoms with van der Waals surface area (Å²) < 4.78 is 22.9. The number of aromatic nitrogens is 5. The zero-order chi connectivity index (χ0) is 24.2. The molecule has 0 aliphatic carbocycles. The standard InChI is InChI=1S/C25H25FN6O2S/c1-17-14-22(32(30-17)20-6-3-2-4-7-20)27-23(33)16-35-25-29-28-24(18-9-11-19(26)12-10-18)31(25)15-21-8-5-13-34-21/h2-4,6-7,9-12,14,21H,5,8,13,15-16H2,1H3,(H,27,33)/t21-/m0/s1. The van der Waals surface area contributed by atoms with Crippen LogP contribution in [0.5, 0.6) is 0 Å². The van der Waals surface area contributed by atoms with Crippen LogP contribution >= 0.6 is 11.8 Å². The molecule has 1 amide bonds. The van der Waals surface area contributed by atoms with Crippen LogP contribution in [0.25, 0.3) is 17.1 Å². The van der Waals surface area contributed by atoms with Crippen LogP contribution in [0.1, 0.15) is 18.5 Å². The van der Waals surface area contributed by atoms with Gasteiger partial charge in [-0.15, -0.1) is 10.2 Å². The minimum absolute atomic E-state index is 0.0570. The lowest BCUT2D eigenvalue weighted by Gasteiger charge is -2.15. The first-order valence-corrected chi connectivity index (χ1v) is 12.4. The van der Waals surface area contributed by atoms with Gasteiger partial charge in [0, 0.05) is 18.2 Å². The number of para-hydroxylation sites is 1. The number of aryl methyl sites for hydroxylation is 1. The maximum Gasteiger partial charge on any atom is 0.236 e. The molecule has 0 bridgehead atoms. The van der Waals surface area contributed by atoms with Gasteiger partial charge in [0.2, 0.25) is 5.91 Å². The number of hydrogen-bond donors (Lipinski definition) is 1. The fraction of sp³-hybridized carbons (Fsp3) is 0.280. The Kier molecular flexibility index (Phi) is 6.91. The highest BCUT2D eigenvalue weighted by atomic mass is 32.2. The Morgan fingerprint density at radius 2 is 1.97 bits per heavy atom. The van der Waals surface area contributed by atoms with Crippen molar-refractivity contribution in [1.29, 1.82) is 0 Å². The van der Waals surface area contributed by atoms with E-state index in [2.05, 4.69) is 20.6 Å². The molecule has 0 saturated carbocycles. The second-order valence-electron chi connectivity index (χ2n) is 8.31. The fourth-order valence-electron chi connectivity index (χ4n) is 4.03. The van der Waals surface area contributed by atoms with E-state index in [1.165, 1.54) is 23.9 Å². The van der Waals surface area contributed by atoms with Crippen LogP contribution in [0.3, 0.4) is 0 Å².